The number of carbonyl (C=O) groups is 3. The lowest BCUT2D eigenvalue weighted by Crippen LogP contribution is -2.37. The van der Waals surface area contributed by atoms with Gasteiger partial charge in [0.05, 0.1) is 5.75 Å². The zero-order chi connectivity index (χ0) is 20.5. The van der Waals surface area contributed by atoms with Gasteiger partial charge in [0, 0.05) is 11.4 Å². The Balaban J connectivity index is 1.66. The molecule has 2 N–H and O–H groups in total. The monoisotopic (exact) mass is 400 g/mol. The van der Waals surface area contributed by atoms with Gasteiger partial charge >= 0.3 is 12.0 Å². The minimum atomic E-state index is -0.681. The molecule has 28 heavy (non-hydrogen) atoms. The number of anilines is 1. The van der Waals surface area contributed by atoms with Crippen LogP contribution in [0.25, 0.3) is 0 Å². The van der Waals surface area contributed by atoms with Crippen molar-refractivity contribution in [3.8, 4) is 0 Å². The Morgan fingerprint density at radius 2 is 1.64 bits per heavy atom. The third-order valence-corrected chi connectivity index (χ3v) is 4.83. The van der Waals surface area contributed by atoms with Crippen LogP contribution in [0.2, 0.25) is 0 Å². The van der Waals surface area contributed by atoms with Crippen LogP contribution in [0.5, 0.6) is 0 Å². The molecule has 7 heteroatoms. The van der Waals surface area contributed by atoms with E-state index in [2.05, 4.69) is 10.6 Å². The number of amides is 3. The Labute approximate surface area is 169 Å². The fourth-order valence-corrected chi connectivity index (χ4v) is 3.17. The highest BCUT2D eigenvalue weighted by atomic mass is 32.2. The number of ether oxygens (including phenoxy) is 1. The summed E-state index contributed by atoms with van der Waals surface area (Å²) in [6.07, 6.45) is 0. The molecule has 0 fully saturated rings. The second-order valence-electron chi connectivity index (χ2n) is 6.46. The van der Waals surface area contributed by atoms with Crippen molar-refractivity contribution in [1.29, 1.82) is 0 Å². The zero-order valence-electron chi connectivity index (χ0n) is 16.2. The first kappa shape index (κ1) is 21.5. The lowest BCUT2D eigenvalue weighted by atomic mass is 10.1. The molecular formula is C21H24N2O4S. The number of hydrogen-bond donors (Lipinski definition) is 2. The van der Waals surface area contributed by atoms with Gasteiger partial charge in [-0.05, 0) is 38.0 Å². The minimum absolute atomic E-state index is 0.135. The van der Waals surface area contributed by atoms with Crippen molar-refractivity contribution in [2.75, 3.05) is 17.7 Å². The van der Waals surface area contributed by atoms with E-state index in [4.69, 9.17) is 4.74 Å². The first-order chi connectivity index (χ1) is 13.3. The molecule has 0 saturated carbocycles. The lowest BCUT2D eigenvalue weighted by Gasteiger charge is -2.10. The maximum Gasteiger partial charge on any atom is 0.325 e. The van der Waals surface area contributed by atoms with Crippen molar-refractivity contribution in [3.63, 3.8) is 0 Å². The third kappa shape index (κ3) is 7.44. The molecule has 0 aliphatic rings. The summed E-state index contributed by atoms with van der Waals surface area (Å²) in [5.74, 6) is -0.364. The number of rotatable bonds is 7. The normalized spacial score (nSPS) is 10.2. The van der Waals surface area contributed by atoms with Crippen molar-refractivity contribution in [2.24, 2.45) is 0 Å². The van der Waals surface area contributed by atoms with Crippen molar-refractivity contribution in [2.45, 2.75) is 26.5 Å². The van der Waals surface area contributed by atoms with Gasteiger partial charge < -0.3 is 10.1 Å². The molecule has 6 nitrogen and oxygen atoms in total. The van der Waals surface area contributed by atoms with Crippen LogP contribution in [0.4, 0.5) is 10.5 Å². The van der Waals surface area contributed by atoms with E-state index >= 15 is 0 Å². The summed E-state index contributed by atoms with van der Waals surface area (Å²) in [5, 5.41) is 4.74. The first-order valence-electron chi connectivity index (χ1n) is 8.80. The fourth-order valence-electron chi connectivity index (χ4n) is 2.39. The number of thioether (sulfide) groups is 1. The van der Waals surface area contributed by atoms with Crippen molar-refractivity contribution >= 4 is 35.4 Å². The van der Waals surface area contributed by atoms with E-state index in [1.807, 2.05) is 57.2 Å². The summed E-state index contributed by atoms with van der Waals surface area (Å²) in [6.45, 7) is 5.33. The third-order valence-electron chi connectivity index (χ3n) is 3.86. The Morgan fingerprint density at radius 1 is 0.964 bits per heavy atom. The standard InChI is InChI=1S/C21H24N2O4S/c1-14-4-7-17(8-5-14)12-28-13-20(25)27-11-19(24)23-21(26)22-18-9-6-15(2)10-16(18)3/h4-10H,11-13H2,1-3H3,(H2,22,23,24,26). The van der Waals surface area contributed by atoms with E-state index < -0.39 is 24.5 Å². The van der Waals surface area contributed by atoms with E-state index in [9.17, 15) is 14.4 Å². The van der Waals surface area contributed by atoms with E-state index in [0.717, 1.165) is 16.7 Å². The number of carbonyl (C=O) groups excluding carboxylic acids is 3. The number of imide groups is 1. The Kier molecular flexibility index (Phi) is 8.07. The lowest BCUT2D eigenvalue weighted by molar-refractivity contribution is -0.145. The Bertz CT molecular complexity index is 850. The molecule has 0 aliphatic carbocycles. The molecular weight excluding hydrogens is 376 g/mol. The number of aryl methyl sites for hydroxylation is 3. The van der Waals surface area contributed by atoms with Gasteiger partial charge in [0.2, 0.25) is 0 Å². The molecule has 0 atom stereocenters. The average Bonchev–Trinajstić information content (AvgIpc) is 2.64. The van der Waals surface area contributed by atoms with Crippen LogP contribution < -0.4 is 10.6 Å². The van der Waals surface area contributed by atoms with Gasteiger partial charge in [-0.3, -0.25) is 14.9 Å². The van der Waals surface area contributed by atoms with Crippen LogP contribution in [-0.2, 0) is 20.1 Å². The van der Waals surface area contributed by atoms with Crippen LogP contribution in [0.15, 0.2) is 42.5 Å². The summed E-state index contributed by atoms with van der Waals surface area (Å²) in [4.78, 5) is 35.3. The highest BCUT2D eigenvalue weighted by Gasteiger charge is 2.12. The summed E-state index contributed by atoms with van der Waals surface area (Å²) in [5.41, 5.74) is 4.87. The molecule has 0 spiro atoms. The van der Waals surface area contributed by atoms with Gasteiger partial charge in [0.25, 0.3) is 5.91 Å². The van der Waals surface area contributed by atoms with Crippen molar-refractivity contribution in [1.82, 2.24) is 5.32 Å². The molecule has 0 radical (unpaired) electrons. The second-order valence-corrected chi connectivity index (χ2v) is 7.45. The molecule has 2 rings (SSSR count). The molecule has 0 heterocycles. The highest BCUT2D eigenvalue weighted by Crippen LogP contribution is 2.16. The largest absolute Gasteiger partial charge is 0.455 e. The van der Waals surface area contributed by atoms with Gasteiger partial charge in [0.1, 0.15) is 0 Å². The second kappa shape index (κ2) is 10.5. The summed E-state index contributed by atoms with van der Waals surface area (Å²) >= 11 is 1.40. The van der Waals surface area contributed by atoms with Gasteiger partial charge in [-0.2, -0.15) is 0 Å². The van der Waals surface area contributed by atoms with Crippen molar-refractivity contribution in [3.05, 3.63) is 64.7 Å². The zero-order valence-corrected chi connectivity index (χ0v) is 17.0. The van der Waals surface area contributed by atoms with E-state index in [1.165, 1.54) is 17.3 Å². The topological polar surface area (TPSA) is 84.5 Å². The molecule has 0 unspecified atom stereocenters. The van der Waals surface area contributed by atoms with Gasteiger partial charge in [-0.25, -0.2) is 4.79 Å². The first-order valence-corrected chi connectivity index (χ1v) is 9.96. The summed E-state index contributed by atoms with van der Waals surface area (Å²) in [6, 6.07) is 12.9. The van der Waals surface area contributed by atoms with Crippen LogP contribution >= 0.6 is 11.8 Å². The molecule has 3 amide bonds. The fraction of sp³-hybridized carbons (Fsp3) is 0.286. The highest BCUT2D eigenvalue weighted by molar-refractivity contribution is 7.99. The number of nitrogens with one attached hydrogen (secondary N) is 2. The summed E-state index contributed by atoms with van der Waals surface area (Å²) < 4.78 is 4.90. The molecule has 0 saturated heterocycles. The van der Waals surface area contributed by atoms with Gasteiger partial charge in [0.15, 0.2) is 6.61 Å². The van der Waals surface area contributed by atoms with Crippen molar-refractivity contribution < 1.29 is 19.1 Å². The Hall–Kier alpha value is -2.80. The Morgan fingerprint density at radius 3 is 2.32 bits per heavy atom. The minimum Gasteiger partial charge on any atom is -0.455 e. The predicted molar refractivity (Wildman–Crippen MR) is 111 cm³/mol. The SMILES string of the molecule is Cc1ccc(CSCC(=O)OCC(=O)NC(=O)Nc2ccc(C)cc2C)cc1. The smallest absolute Gasteiger partial charge is 0.325 e. The maximum atomic E-state index is 11.9. The number of hydrogen-bond acceptors (Lipinski definition) is 5. The van der Waals surface area contributed by atoms with E-state index in [0.29, 0.717) is 11.4 Å². The van der Waals surface area contributed by atoms with Crippen LogP contribution in [0.1, 0.15) is 22.3 Å². The quantitative estimate of drug-likeness (QED) is 0.692. The number of urea groups is 1. The molecule has 148 valence electrons. The van der Waals surface area contributed by atoms with Crippen LogP contribution in [0, 0.1) is 20.8 Å². The molecule has 0 aromatic heterocycles. The summed E-state index contributed by atoms with van der Waals surface area (Å²) in [7, 11) is 0. The van der Waals surface area contributed by atoms with Crippen LogP contribution in [-0.4, -0.2) is 30.3 Å². The maximum absolute atomic E-state index is 11.9. The predicted octanol–water partition coefficient (Wildman–Crippen LogP) is 3.74. The molecule has 0 aliphatic heterocycles. The molecule has 0 bridgehead atoms. The number of benzene rings is 2. The molecule has 2 aromatic rings. The average molecular weight is 401 g/mol. The number of esters is 1. The van der Waals surface area contributed by atoms with Gasteiger partial charge in [-0.15, -0.1) is 11.8 Å². The van der Waals surface area contributed by atoms with E-state index in [-0.39, 0.29) is 5.75 Å². The van der Waals surface area contributed by atoms with Crippen LogP contribution in [0.3, 0.4) is 0 Å². The molecule has 2 aromatic carbocycles. The van der Waals surface area contributed by atoms with Gasteiger partial charge in [-0.1, -0.05) is 47.5 Å². The van der Waals surface area contributed by atoms with E-state index in [1.54, 1.807) is 6.07 Å².